The lowest BCUT2D eigenvalue weighted by Crippen LogP contribution is -2.71. The van der Waals surface area contributed by atoms with E-state index in [1.54, 1.807) is 0 Å². The third kappa shape index (κ3) is 4.63. The van der Waals surface area contributed by atoms with Crippen molar-refractivity contribution >= 4 is 5.97 Å². The lowest BCUT2D eigenvalue weighted by molar-refractivity contribution is -0.147. The lowest BCUT2D eigenvalue weighted by Gasteiger charge is -2.57. The van der Waals surface area contributed by atoms with E-state index in [1.807, 2.05) is 12.4 Å². The van der Waals surface area contributed by atoms with Crippen molar-refractivity contribution in [1.29, 1.82) is 0 Å². The number of nitrogens with one attached hydrogen (secondary N) is 1. The number of benzene rings is 1. The maximum atomic E-state index is 11.6. The van der Waals surface area contributed by atoms with Crippen molar-refractivity contribution in [3.8, 4) is 0 Å². The number of hydrogen-bond donors (Lipinski definition) is 2. The Kier molecular flexibility index (Phi) is 5.73. The summed E-state index contributed by atoms with van der Waals surface area (Å²) in [6, 6.07) is 11.9. The number of nitrogens with zero attached hydrogens (tertiary/aromatic N) is 4. The molecular weight excluding hydrogens is 390 g/mol. The zero-order valence-electron chi connectivity index (χ0n) is 17.9. The van der Waals surface area contributed by atoms with Crippen LogP contribution in [-0.2, 0) is 11.3 Å². The van der Waals surface area contributed by atoms with E-state index in [1.165, 1.54) is 18.3 Å². The van der Waals surface area contributed by atoms with Crippen LogP contribution in [0.3, 0.4) is 0 Å². The number of carbonyl (C=O) groups is 1. The van der Waals surface area contributed by atoms with E-state index in [0.717, 1.165) is 51.1 Å². The molecule has 1 saturated carbocycles. The summed E-state index contributed by atoms with van der Waals surface area (Å²) in [5.41, 5.74) is 2.28. The number of rotatable bonds is 8. The first-order valence-electron chi connectivity index (χ1n) is 11.4. The molecule has 2 aromatic rings. The molecule has 2 atom stereocenters. The zero-order chi connectivity index (χ0) is 21.3. The SMILES string of the molecule is O=C(O)CC1(N2CCC(N[C@@H]3C[C@H]3c3ccccc3)CC2)CN(Cc2cncnc2)C1. The van der Waals surface area contributed by atoms with Crippen LogP contribution in [0.1, 0.15) is 42.7 Å². The third-order valence-electron chi connectivity index (χ3n) is 7.17. The van der Waals surface area contributed by atoms with Crippen molar-refractivity contribution in [3.05, 3.63) is 60.2 Å². The van der Waals surface area contributed by atoms with E-state index in [-0.39, 0.29) is 12.0 Å². The van der Waals surface area contributed by atoms with Crippen LogP contribution in [0.4, 0.5) is 0 Å². The Morgan fingerprint density at radius 1 is 1.13 bits per heavy atom. The van der Waals surface area contributed by atoms with Gasteiger partial charge in [0, 0.05) is 68.7 Å². The highest BCUT2D eigenvalue weighted by Gasteiger charge is 2.50. The summed E-state index contributed by atoms with van der Waals surface area (Å²) in [4.78, 5) is 24.5. The van der Waals surface area contributed by atoms with Crippen LogP contribution in [0.15, 0.2) is 49.1 Å². The second-order valence-electron chi connectivity index (χ2n) is 9.47. The number of aliphatic carboxylic acids is 1. The van der Waals surface area contributed by atoms with E-state index < -0.39 is 5.97 Å². The summed E-state index contributed by atoms with van der Waals surface area (Å²) in [6.07, 6.45) is 8.83. The number of carboxylic acids is 1. The summed E-state index contributed by atoms with van der Waals surface area (Å²) in [5.74, 6) is -0.0497. The standard InChI is InChI=1S/C24H31N5O2/c30-23(31)11-24(15-28(16-24)14-18-12-25-17-26-13-18)29-8-6-20(7-9-29)27-22-10-21(22)19-4-2-1-3-5-19/h1-5,12-13,17,20-22,27H,6-11,14-16H2,(H,30,31)/t21-,22+/m0/s1. The first-order chi connectivity index (χ1) is 15.1. The van der Waals surface area contributed by atoms with Gasteiger partial charge in [0.25, 0.3) is 0 Å². The Morgan fingerprint density at radius 3 is 2.52 bits per heavy atom. The molecular formula is C24H31N5O2. The summed E-state index contributed by atoms with van der Waals surface area (Å²) in [6.45, 7) is 4.31. The van der Waals surface area contributed by atoms with Crippen molar-refractivity contribution in [3.63, 3.8) is 0 Å². The first-order valence-corrected chi connectivity index (χ1v) is 11.4. The molecule has 0 bridgehead atoms. The maximum absolute atomic E-state index is 11.6. The molecule has 3 fully saturated rings. The van der Waals surface area contributed by atoms with E-state index >= 15 is 0 Å². The van der Waals surface area contributed by atoms with Crippen LogP contribution < -0.4 is 5.32 Å². The molecule has 7 heteroatoms. The molecule has 3 heterocycles. The van der Waals surface area contributed by atoms with Crippen molar-refractivity contribution in [2.45, 2.75) is 55.8 Å². The molecule has 1 aromatic heterocycles. The smallest absolute Gasteiger partial charge is 0.305 e. The van der Waals surface area contributed by atoms with E-state index in [0.29, 0.717) is 18.0 Å². The van der Waals surface area contributed by atoms with E-state index in [2.05, 4.69) is 55.4 Å². The molecule has 0 unspecified atom stereocenters. The second kappa shape index (κ2) is 8.65. The van der Waals surface area contributed by atoms with E-state index in [9.17, 15) is 9.90 Å². The fourth-order valence-electron chi connectivity index (χ4n) is 5.54. The van der Waals surface area contributed by atoms with Crippen molar-refractivity contribution in [2.24, 2.45) is 0 Å². The molecule has 1 aliphatic carbocycles. The number of carboxylic acid groups (broad SMARTS) is 1. The van der Waals surface area contributed by atoms with Crippen LogP contribution in [0, 0.1) is 0 Å². The van der Waals surface area contributed by atoms with Gasteiger partial charge in [-0.15, -0.1) is 0 Å². The van der Waals surface area contributed by atoms with Crippen LogP contribution >= 0.6 is 0 Å². The van der Waals surface area contributed by atoms with Gasteiger partial charge in [0.2, 0.25) is 0 Å². The average molecular weight is 422 g/mol. The van der Waals surface area contributed by atoms with Gasteiger partial charge in [-0.1, -0.05) is 30.3 Å². The topological polar surface area (TPSA) is 81.6 Å². The Morgan fingerprint density at radius 2 is 1.84 bits per heavy atom. The van der Waals surface area contributed by atoms with Crippen molar-refractivity contribution in [2.75, 3.05) is 26.2 Å². The van der Waals surface area contributed by atoms with E-state index in [4.69, 9.17) is 0 Å². The molecule has 164 valence electrons. The van der Waals surface area contributed by atoms with Gasteiger partial charge in [-0.2, -0.15) is 0 Å². The Balaban J connectivity index is 1.13. The normalized spacial score (nSPS) is 26.3. The van der Waals surface area contributed by atoms with Crippen LogP contribution in [-0.4, -0.2) is 74.6 Å². The predicted molar refractivity (Wildman–Crippen MR) is 118 cm³/mol. The molecule has 2 aliphatic heterocycles. The van der Waals surface area contributed by atoms with Gasteiger partial charge in [-0.3, -0.25) is 14.6 Å². The van der Waals surface area contributed by atoms with Gasteiger partial charge < -0.3 is 10.4 Å². The minimum Gasteiger partial charge on any atom is -0.481 e. The van der Waals surface area contributed by atoms with Gasteiger partial charge in [0.15, 0.2) is 0 Å². The molecule has 0 amide bonds. The Hall–Kier alpha value is -2.35. The summed E-state index contributed by atoms with van der Waals surface area (Å²) >= 11 is 0. The fourth-order valence-corrected chi connectivity index (χ4v) is 5.54. The highest BCUT2D eigenvalue weighted by molar-refractivity contribution is 5.69. The second-order valence-corrected chi connectivity index (χ2v) is 9.47. The average Bonchev–Trinajstić information content (AvgIpc) is 3.53. The van der Waals surface area contributed by atoms with Crippen LogP contribution in [0.25, 0.3) is 0 Å². The van der Waals surface area contributed by atoms with Gasteiger partial charge >= 0.3 is 5.97 Å². The number of hydrogen-bond acceptors (Lipinski definition) is 6. The number of aromatic nitrogens is 2. The molecule has 7 nitrogen and oxygen atoms in total. The summed E-state index contributed by atoms with van der Waals surface area (Å²) in [5, 5.41) is 13.4. The summed E-state index contributed by atoms with van der Waals surface area (Å²) < 4.78 is 0. The van der Waals surface area contributed by atoms with Gasteiger partial charge in [-0.05, 0) is 24.8 Å². The highest BCUT2D eigenvalue weighted by atomic mass is 16.4. The first kappa shape index (κ1) is 20.5. The highest BCUT2D eigenvalue weighted by Crippen LogP contribution is 2.42. The van der Waals surface area contributed by atoms with Gasteiger partial charge in [0.1, 0.15) is 6.33 Å². The quantitative estimate of drug-likeness (QED) is 0.676. The minimum atomic E-state index is -0.702. The fraction of sp³-hybridized carbons (Fsp3) is 0.542. The van der Waals surface area contributed by atoms with Gasteiger partial charge in [0.05, 0.1) is 12.0 Å². The predicted octanol–water partition coefficient (Wildman–Crippen LogP) is 2.12. The largest absolute Gasteiger partial charge is 0.481 e. The molecule has 0 radical (unpaired) electrons. The molecule has 2 N–H and O–H groups in total. The Bertz CT molecular complexity index is 879. The molecule has 0 spiro atoms. The Labute approximate surface area is 183 Å². The third-order valence-corrected chi connectivity index (χ3v) is 7.17. The zero-order valence-corrected chi connectivity index (χ0v) is 17.9. The molecule has 5 rings (SSSR count). The van der Waals surface area contributed by atoms with Crippen LogP contribution in [0.2, 0.25) is 0 Å². The van der Waals surface area contributed by atoms with Crippen molar-refractivity contribution < 1.29 is 9.90 Å². The van der Waals surface area contributed by atoms with Crippen LogP contribution in [0.5, 0.6) is 0 Å². The lowest BCUT2D eigenvalue weighted by atomic mass is 9.82. The maximum Gasteiger partial charge on any atom is 0.305 e. The molecule has 31 heavy (non-hydrogen) atoms. The minimum absolute atomic E-state index is 0.214. The molecule has 2 saturated heterocycles. The van der Waals surface area contributed by atoms with Gasteiger partial charge in [-0.25, -0.2) is 9.97 Å². The number of likely N-dealkylation sites (tertiary alicyclic amines) is 2. The molecule has 3 aliphatic rings. The monoisotopic (exact) mass is 421 g/mol. The van der Waals surface area contributed by atoms with Crippen molar-refractivity contribution in [1.82, 2.24) is 25.1 Å². The molecule has 1 aromatic carbocycles. The summed E-state index contributed by atoms with van der Waals surface area (Å²) in [7, 11) is 0. The number of piperidine rings is 1.